The third-order valence-electron chi connectivity index (χ3n) is 7.07. The second-order valence-corrected chi connectivity index (χ2v) is 14.1. The zero-order valence-electron chi connectivity index (χ0n) is 22.9. The molecule has 4 rings (SSSR count). The van der Waals surface area contributed by atoms with Crippen LogP contribution in [0.1, 0.15) is 66.5 Å². The van der Waals surface area contributed by atoms with Gasteiger partial charge in [0.15, 0.2) is 20.5 Å². The number of benzene rings is 3. The highest BCUT2D eigenvalue weighted by Crippen LogP contribution is 2.43. The van der Waals surface area contributed by atoms with Crippen LogP contribution in [0.5, 0.6) is 0 Å². The first-order valence-corrected chi connectivity index (χ1v) is 14.1. The van der Waals surface area contributed by atoms with Gasteiger partial charge in [0, 0.05) is 11.0 Å². The van der Waals surface area contributed by atoms with Crippen molar-refractivity contribution in [1.82, 2.24) is 0 Å². The Morgan fingerprint density at radius 3 is 1.75 bits per heavy atom. The van der Waals surface area contributed by atoms with E-state index in [9.17, 15) is 4.39 Å². The second kappa shape index (κ2) is 9.96. The van der Waals surface area contributed by atoms with E-state index in [1.807, 2.05) is 19.1 Å². The summed E-state index contributed by atoms with van der Waals surface area (Å²) in [6, 6.07) is 24.3. The van der Waals surface area contributed by atoms with Gasteiger partial charge in [-0.2, -0.15) is 0 Å². The third kappa shape index (κ3) is 5.56. The maximum atomic E-state index is 13.8. The van der Waals surface area contributed by atoms with E-state index >= 15 is 0 Å². The van der Waals surface area contributed by atoms with Crippen molar-refractivity contribution >= 4 is 10.9 Å². The Balaban J connectivity index is 1.69. The van der Waals surface area contributed by atoms with Gasteiger partial charge in [0.05, 0.1) is 23.6 Å². The fourth-order valence-corrected chi connectivity index (χ4v) is 7.04. The second-order valence-electron chi connectivity index (χ2n) is 12.1. The first kappa shape index (κ1) is 26.9. The standard InChI is InChI=1S/C32H40FO2S/c1-22(2)29-31(6,7)21-34-32(8,35-29)24-11-17-27(18-12-24)36(28-19-13-25(33)14-20-28)26-15-9-23(10-16-26)30(3,4)5/h9-20,22,29H,21H2,1-8H3/q+1. The number of rotatable bonds is 5. The summed E-state index contributed by atoms with van der Waals surface area (Å²) >= 11 is 0. The van der Waals surface area contributed by atoms with Crippen molar-refractivity contribution in [1.29, 1.82) is 0 Å². The molecule has 0 aromatic heterocycles. The van der Waals surface area contributed by atoms with E-state index in [1.54, 1.807) is 12.1 Å². The first-order chi connectivity index (χ1) is 16.8. The molecule has 3 atom stereocenters. The van der Waals surface area contributed by atoms with Crippen LogP contribution in [0.4, 0.5) is 4.39 Å². The Labute approximate surface area is 219 Å². The third-order valence-corrected chi connectivity index (χ3v) is 9.30. The summed E-state index contributed by atoms with van der Waals surface area (Å²) in [6.07, 6.45) is 0.103. The molecule has 2 nitrogen and oxygen atoms in total. The zero-order chi connectivity index (χ0) is 26.3. The lowest BCUT2D eigenvalue weighted by atomic mass is 9.80. The number of hydrogen-bond acceptors (Lipinski definition) is 2. The minimum absolute atomic E-state index is 0.0398. The molecule has 192 valence electrons. The first-order valence-electron chi connectivity index (χ1n) is 12.8. The van der Waals surface area contributed by atoms with Crippen molar-refractivity contribution < 1.29 is 13.9 Å². The Bertz CT molecular complexity index is 1160. The van der Waals surface area contributed by atoms with Gasteiger partial charge in [-0.3, -0.25) is 0 Å². The topological polar surface area (TPSA) is 18.5 Å². The Morgan fingerprint density at radius 1 is 0.806 bits per heavy atom. The van der Waals surface area contributed by atoms with Crippen LogP contribution in [0.15, 0.2) is 87.5 Å². The van der Waals surface area contributed by atoms with Crippen LogP contribution in [0.25, 0.3) is 0 Å². The largest absolute Gasteiger partial charge is 0.345 e. The molecule has 0 bridgehead atoms. The lowest BCUT2D eigenvalue weighted by Gasteiger charge is -2.49. The van der Waals surface area contributed by atoms with Gasteiger partial charge in [-0.05, 0) is 84.5 Å². The monoisotopic (exact) mass is 507 g/mol. The quantitative estimate of drug-likeness (QED) is 0.322. The summed E-state index contributed by atoms with van der Waals surface area (Å²) in [4.78, 5) is 3.47. The van der Waals surface area contributed by atoms with E-state index in [-0.39, 0.29) is 33.6 Å². The number of hydrogen-bond donors (Lipinski definition) is 0. The van der Waals surface area contributed by atoms with E-state index in [1.165, 1.54) is 15.4 Å². The molecule has 0 saturated carbocycles. The molecular weight excluding hydrogens is 467 g/mol. The summed E-state index contributed by atoms with van der Waals surface area (Å²) in [7, 11) is -0.360. The highest BCUT2D eigenvalue weighted by molar-refractivity contribution is 7.97. The molecule has 36 heavy (non-hydrogen) atoms. The van der Waals surface area contributed by atoms with E-state index in [2.05, 4.69) is 97.0 Å². The van der Waals surface area contributed by atoms with Gasteiger partial charge in [0.1, 0.15) is 5.82 Å². The molecular formula is C32H40FO2S+. The molecule has 1 heterocycles. The van der Waals surface area contributed by atoms with Crippen LogP contribution in [-0.4, -0.2) is 12.7 Å². The fraction of sp³-hybridized carbons (Fsp3) is 0.438. The predicted octanol–water partition coefficient (Wildman–Crippen LogP) is 8.49. The molecule has 4 heteroatoms. The van der Waals surface area contributed by atoms with Crippen molar-refractivity contribution in [2.45, 2.75) is 87.4 Å². The van der Waals surface area contributed by atoms with Gasteiger partial charge in [-0.1, -0.05) is 60.6 Å². The maximum absolute atomic E-state index is 13.8. The van der Waals surface area contributed by atoms with Gasteiger partial charge in [0.2, 0.25) is 0 Å². The average Bonchev–Trinajstić information content (AvgIpc) is 2.82. The molecule has 3 aromatic carbocycles. The summed E-state index contributed by atoms with van der Waals surface area (Å²) in [5.74, 6) is -0.614. The van der Waals surface area contributed by atoms with Gasteiger partial charge < -0.3 is 9.47 Å². The zero-order valence-corrected chi connectivity index (χ0v) is 23.7. The van der Waals surface area contributed by atoms with E-state index in [0.29, 0.717) is 12.5 Å². The fourth-order valence-electron chi connectivity index (χ4n) is 5.00. The average molecular weight is 508 g/mol. The molecule has 1 aliphatic rings. The highest BCUT2D eigenvalue weighted by atomic mass is 32.2. The van der Waals surface area contributed by atoms with Gasteiger partial charge in [-0.25, -0.2) is 4.39 Å². The van der Waals surface area contributed by atoms with Crippen LogP contribution in [-0.2, 0) is 31.6 Å². The Kier molecular flexibility index (Phi) is 7.45. The normalized spacial score (nSPS) is 23.0. The lowest BCUT2D eigenvalue weighted by molar-refractivity contribution is -0.337. The Hall–Kier alpha value is -2.14. The van der Waals surface area contributed by atoms with Crippen LogP contribution in [0, 0.1) is 17.2 Å². The maximum Gasteiger partial charge on any atom is 0.192 e. The van der Waals surface area contributed by atoms with Crippen molar-refractivity contribution in [3.8, 4) is 0 Å². The predicted molar refractivity (Wildman–Crippen MR) is 147 cm³/mol. The summed E-state index contributed by atoms with van der Waals surface area (Å²) in [5, 5.41) is 0. The van der Waals surface area contributed by atoms with Crippen molar-refractivity contribution in [3.63, 3.8) is 0 Å². The molecule has 0 radical (unpaired) electrons. The van der Waals surface area contributed by atoms with E-state index in [4.69, 9.17) is 9.47 Å². The van der Waals surface area contributed by atoms with E-state index < -0.39 is 5.79 Å². The smallest absolute Gasteiger partial charge is 0.192 e. The van der Waals surface area contributed by atoms with Crippen molar-refractivity contribution in [2.75, 3.05) is 6.61 Å². The van der Waals surface area contributed by atoms with Gasteiger partial charge >= 0.3 is 0 Å². The molecule has 0 spiro atoms. The van der Waals surface area contributed by atoms with Gasteiger partial charge in [-0.15, -0.1) is 0 Å². The molecule has 3 aromatic rings. The van der Waals surface area contributed by atoms with Crippen molar-refractivity contribution in [2.24, 2.45) is 11.3 Å². The molecule has 1 saturated heterocycles. The molecule has 1 aliphatic heterocycles. The Morgan fingerprint density at radius 2 is 1.28 bits per heavy atom. The lowest BCUT2D eigenvalue weighted by Crippen LogP contribution is -2.52. The molecule has 0 aliphatic carbocycles. The summed E-state index contributed by atoms with van der Waals surface area (Å²) < 4.78 is 26.7. The summed E-state index contributed by atoms with van der Waals surface area (Å²) in [5.41, 5.74) is 2.36. The SMILES string of the molecule is CC(C)C1OC(C)(c2ccc([S+](c3ccc(F)cc3)c3ccc(C(C)(C)C)cc3)cc2)OCC1(C)C. The minimum Gasteiger partial charge on any atom is -0.345 e. The van der Waals surface area contributed by atoms with Crippen LogP contribution < -0.4 is 0 Å². The van der Waals surface area contributed by atoms with Crippen LogP contribution in [0.3, 0.4) is 0 Å². The summed E-state index contributed by atoms with van der Waals surface area (Å²) in [6.45, 7) is 18.2. The molecule has 3 unspecified atom stereocenters. The number of ether oxygens (including phenoxy) is 2. The molecule has 1 fully saturated rings. The van der Waals surface area contributed by atoms with Gasteiger partial charge in [0.25, 0.3) is 0 Å². The molecule has 0 amide bonds. The van der Waals surface area contributed by atoms with Crippen LogP contribution >= 0.6 is 0 Å². The highest BCUT2D eigenvalue weighted by Gasteiger charge is 2.46. The van der Waals surface area contributed by atoms with E-state index in [0.717, 1.165) is 10.5 Å². The molecule has 0 N–H and O–H groups in total. The van der Waals surface area contributed by atoms with Crippen molar-refractivity contribution in [3.05, 3.63) is 89.7 Å². The van der Waals surface area contributed by atoms with Crippen LogP contribution in [0.2, 0.25) is 0 Å². The minimum atomic E-state index is -0.786. The number of halogens is 1.